The quantitative estimate of drug-likeness (QED) is 0.463. The van der Waals surface area contributed by atoms with Crippen molar-refractivity contribution in [1.29, 1.82) is 5.26 Å². The van der Waals surface area contributed by atoms with Crippen molar-refractivity contribution in [1.82, 2.24) is 9.55 Å². The van der Waals surface area contributed by atoms with E-state index in [0.29, 0.717) is 22.9 Å². The van der Waals surface area contributed by atoms with Crippen molar-refractivity contribution in [3.8, 4) is 23.3 Å². The first-order chi connectivity index (χ1) is 15.4. The number of ether oxygens (including phenoxy) is 2. The van der Waals surface area contributed by atoms with Crippen molar-refractivity contribution >= 4 is 11.8 Å². The molecule has 0 bridgehead atoms. The highest BCUT2D eigenvalue weighted by Gasteiger charge is 2.31. The molecule has 0 aliphatic rings. The fourth-order valence-electron chi connectivity index (χ4n) is 2.66. The van der Waals surface area contributed by atoms with Crippen molar-refractivity contribution in [2.75, 3.05) is 6.61 Å². The van der Waals surface area contributed by atoms with Gasteiger partial charge in [-0.1, -0.05) is 32.5 Å². The minimum Gasteiger partial charge on any atom is -0.492 e. The van der Waals surface area contributed by atoms with Crippen molar-refractivity contribution in [3.63, 3.8) is 0 Å². The van der Waals surface area contributed by atoms with Crippen LogP contribution in [0.4, 0.5) is 13.2 Å². The number of rotatable bonds is 6. The Hall–Kier alpha value is -3.45. The zero-order valence-electron chi connectivity index (χ0n) is 18.0. The minimum atomic E-state index is -4.78. The van der Waals surface area contributed by atoms with Gasteiger partial charge in [-0.05, 0) is 47.9 Å². The Balaban J connectivity index is 1.84. The maximum absolute atomic E-state index is 13.0. The van der Waals surface area contributed by atoms with E-state index in [1.807, 2.05) is 20.8 Å². The number of nitriles is 1. The molecule has 0 aliphatic carbocycles. The van der Waals surface area contributed by atoms with Crippen molar-refractivity contribution in [2.24, 2.45) is 5.41 Å². The number of alkyl halides is 3. The van der Waals surface area contributed by atoms with Gasteiger partial charge in [-0.3, -0.25) is 9.36 Å². The largest absolute Gasteiger partial charge is 0.573 e. The van der Waals surface area contributed by atoms with Crippen LogP contribution in [0.2, 0.25) is 0 Å². The number of hydrogen-bond acceptors (Lipinski definition) is 6. The number of benzene rings is 2. The Morgan fingerprint density at radius 2 is 1.82 bits per heavy atom. The number of nitrogens with zero attached hydrogens (tertiary/aromatic N) is 3. The van der Waals surface area contributed by atoms with Gasteiger partial charge >= 0.3 is 6.36 Å². The van der Waals surface area contributed by atoms with Crippen LogP contribution < -0.4 is 15.0 Å². The van der Waals surface area contributed by atoms with E-state index in [4.69, 9.17) is 4.74 Å². The Morgan fingerprint density at radius 1 is 1.12 bits per heavy atom. The van der Waals surface area contributed by atoms with Gasteiger partial charge < -0.3 is 9.47 Å². The molecule has 0 fully saturated rings. The maximum atomic E-state index is 13.0. The fraction of sp³-hybridized carbons (Fsp3) is 0.261. The highest BCUT2D eigenvalue weighted by atomic mass is 32.2. The van der Waals surface area contributed by atoms with E-state index < -0.39 is 11.9 Å². The Kier molecular flexibility index (Phi) is 7.03. The lowest BCUT2D eigenvalue weighted by Gasteiger charge is -2.19. The lowest BCUT2D eigenvalue weighted by atomic mass is 9.98. The Labute approximate surface area is 192 Å². The van der Waals surface area contributed by atoms with Gasteiger partial charge in [0, 0.05) is 17.3 Å². The molecule has 1 heterocycles. The topological polar surface area (TPSA) is 77.1 Å². The molecule has 6 nitrogen and oxygen atoms in total. The molecule has 0 N–H and O–H groups in total. The highest BCUT2D eigenvalue weighted by Crippen LogP contribution is 2.29. The van der Waals surface area contributed by atoms with Crippen LogP contribution in [0, 0.1) is 16.7 Å². The third kappa shape index (κ3) is 6.76. The van der Waals surface area contributed by atoms with E-state index in [-0.39, 0.29) is 21.8 Å². The average Bonchev–Trinajstić information content (AvgIpc) is 2.73. The van der Waals surface area contributed by atoms with Gasteiger partial charge in [-0.15, -0.1) is 13.2 Å². The molecule has 3 rings (SSSR count). The summed E-state index contributed by atoms with van der Waals surface area (Å²) in [5.41, 5.74) is 0.217. The summed E-state index contributed by atoms with van der Waals surface area (Å²) in [4.78, 5) is 17.6. The summed E-state index contributed by atoms with van der Waals surface area (Å²) in [6.07, 6.45) is -1.88. The highest BCUT2D eigenvalue weighted by molar-refractivity contribution is 7.99. The molecular weight excluding hydrogens is 455 g/mol. The summed E-state index contributed by atoms with van der Waals surface area (Å²) in [5, 5.41) is 9.64. The van der Waals surface area contributed by atoms with Crippen LogP contribution in [-0.2, 0) is 0 Å². The zero-order chi connectivity index (χ0) is 24.2. The third-order valence-electron chi connectivity index (χ3n) is 4.10. The molecule has 0 aliphatic heterocycles. The van der Waals surface area contributed by atoms with Gasteiger partial charge in [-0.2, -0.15) is 5.26 Å². The molecule has 33 heavy (non-hydrogen) atoms. The second-order valence-corrected chi connectivity index (χ2v) is 9.23. The van der Waals surface area contributed by atoms with Crippen molar-refractivity contribution in [2.45, 2.75) is 37.1 Å². The second-order valence-electron chi connectivity index (χ2n) is 8.17. The predicted molar refractivity (Wildman–Crippen MR) is 117 cm³/mol. The van der Waals surface area contributed by atoms with Gasteiger partial charge in [0.2, 0.25) is 0 Å². The molecule has 2 aromatic carbocycles. The molecule has 0 saturated heterocycles. The average molecular weight is 475 g/mol. The SMILES string of the molecule is CC(C)(C)COc1ccc(-n2ccnc(Sc3ccc(OC(F)(F)F)cc3)c2=O)cc1C#N. The maximum Gasteiger partial charge on any atom is 0.573 e. The van der Waals surface area contributed by atoms with Crippen LogP contribution in [0.5, 0.6) is 11.5 Å². The summed E-state index contributed by atoms with van der Waals surface area (Å²) in [7, 11) is 0. The minimum absolute atomic E-state index is 0.0867. The van der Waals surface area contributed by atoms with Crippen LogP contribution in [0.3, 0.4) is 0 Å². The first-order valence-electron chi connectivity index (χ1n) is 9.74. The van der Waals surface area contributed by atoms with Crippen LogP contribution >= 0.6 is 11.8 Å². The summed E-state index contributed by atoms with van der Waals surface area (Å²) in [6, 6.07) is 12.1. The molecule has 0 radical (unpaired) electrons. The second kappa shape index (κ2) is 9.58. The lowest BCUT2D eigenvalue weighted by Crippen LogP contribution is -2.21. The summed E-state index contributed by atoms with van der Waals surface area (Å²) < 4.78 is 47.9. The third-order valence-corrected chi connectivity index (χ3v) is 5.08. The summed E-state index contributed by atoms with van der Waals surface area (Å²) >= 11 is 1.00. The van der Waals surface area contributed by atoms with E-state index in [9.17, 15) is 23.2 Å². The predicted octanol–water partition coefficient (Wildman–Crippen LogP) is 5.58. The van der Waals surface area contributed by atoms with Gasteiger partial charge in [0.05, 0.1) is 17.9 Å². The van der Waals surface area contributed by atoms with Gasteiger partial charge in [0.1, 0.15) is 17.6 Å². The van der Waals surface area contributed by atoms with Crippen LogP contribution in [0.25, 0.3) is 5.69 Å². The van der Waals surface area contributed by atoms with Crippen LogP contribution in [-0.4, -0.2) is 22.5 Å². The van der Waals surface area contributed by atoms with E-state index in [1.54, 1.807) is 18.2 Å². The lowest BCUT2D eigenvalue weighted by molar-refractivity contribution is -0.274. The zero-order valence-corrected chi connectivity index (χ0v) is 18.8. The first kappa shape index (κ1) is 24.2. The monoisotopic (exact) mass is 475 g/mol. The van der Waals surface area contributed by atoms with Gasteiger partial charge in [0.25, 0.3) is 5.56 Å². The van der Waals surface area contributed by atoms with Gasteiger partial charge in [-0.25, -0.2) is 4.98 Å². The molecule has 0 saturated carbocycles. The number of hydrogen-bond donors (Lipinski definition) is 0. The molecule has 0 spiro atoms. The first-order valence-corrected chi connectivity index (χ1v) is 10.6. The van der Waals surface area contributed by atoms with E-state index in [2.05, 4.69) is 15.8 Å². The molecule has 0 amide bonds. The Morgan fingerprint density at radius 3 is 2.42 bits per heavy atom. The molecule has 0 atom stereocenters. The molecule has 1 aromatic heterocycles. The van der Waals surface area contributed by atoms with Crippen LogP contribution in [0.1, 0.15) is 26.3 Å². The van der Waals surface area contributed by atoms with Crippen LogP contribution in [0.15, 0.2) is 69.6 Å². The standard InChI is InChI=1S/C23H20F3N3O3S/c1-22(2,3)14-31-19-9-4-16(12-15(19)13-27)29-11-10-28-20(21(29)30)33-18-7-5-17(6-8-18)32-23(24,25)26/h4-12H,14H2,1-3H3. The molecule has 172 valence electrons. The molecule has 0 unspecified atom stereocenters. The fourth-order valence-corrected chi connectivity index (χ4v) is 3.46. The number of aromatic nitrogens is 2. The smallest absolute Gasteiger partial charge is 0.492 e. The normalized spacial score (nSPS) is 11.7. The van der Waals surface area contributed by atoms with E-state index in [1.165, 1.54) is 29.1 Å². The summed E-state index contributed by atoms with van der Waals surface area (Å²) in [6.45, 7) is 6.46. The van der Waals surface area contributed by atoms with Crippen molar-refractivity contribution in [3.05, 3.63) is 70.8 Å². The Bertz CT molecular complexity index is 1230. The summed E-state index contributed by atoms with van der Waals surface area (Å²) in [5.74, 6) is 0.0668. The van der Waals surface area contributed by atoms with E-state index in [0.717, 1.165) is 23.9 Å². The van der Waals surface area contributed by atoms with Crippen molar-refractivity contribution < 1.29 is 22.6 Å². The molecule has 10 heteroatoms. The molecule has 3 aromatic rings. The number of halogens is 3. The van der Waals surface area contributed by atoms with E-state index >= 15 is 0 Å². The molecular formula is C23H20F3N3O3S. The van der Waals surface area contributed by atoms with Gasteiger partial charge in [0.15, 0.2) is 5.03 Å².